The van der Waals surface area contributed by atoms with Crippen molar-refractivity contribution in [2.75, 3.05) is 0 Å². The molecular weight excluding hydrogens is 210 g/mol. The molecule has 2 aromatic heterocycles. The Morgan fingerprint density at radius 2 is 2.38 bits per heavy atom. The molecule has 5 heteroatoms. The lowest BCUT2D eigenvalue weighted by Gasteiger charge is -1.91. The van der Waals surface area contributed by atoms with Gasteiger partial charge in [-0.25, -0.2) is 4.98 Å². The number of hydrogen-bond donors (Lipinski definition) is 1. The van der Waals surface area contributed by atoms with E-state index in [-0.39, 0.29) is 6.42 Å². The Morgan fingerprint density at radius 3 is 3.00 bits per heavy atom. The van der Waals surface area contributed by atoms with Crippen molar-refractivity contribution in [1.29, 1.82) is 0 Å². The second-order valence-electron chi connectivity index (χ2n) is 3.39. The molecule has 0 aliphatic heterocycles. The number of carboxylic acid groups (broad SMARTS) is 1. The van der Waals surface area contributed by atoms with Crippen molar-refractivity contribution < 1.29 is 18.7 Å². The van der Waals surface area contributed by atoms with E-state index in [1.807, 2.05) is 0 Å². The van der Waals surface area contributed by atoms with Crippen LogP contribution in [0.25, 0.3) is 11.7 Å². The molecule has 1 N–H and O–H groups in total. The van der Waals surface area contributed by atoms with Crippen LogP contribution in [0.3, 0.4) is 0 Å². The molecule has 2 aromatic rings. The summed E-state index contributed by atoms with van der Waals surface area (Å²) in [6.07, 6.45) is 1.95. The summed E-state index contributed by atoms with van der Waals surface area (Å²) in [6.45, 7) is 1.76. The van der Waals surface area contributed by atoms with Crippen LogP contribution in [0, 0.1) is 6.92 Å². The third kappa shape index (κ3) is 2.13. The molecule has 0 aliphatic carbocycles. The van der Waals surface area contributed by atoms with Gasteiger partial charge in [-0.3, -0.25) is 4.79 Å². The first kappa shape index (κ1) is 10.5. The highest BCUT2D eigenvalue weighted by Gasteiger charge is 2.13. The first-order valence-corrected chi connectivity index (χ1v) is 4.89. The third-order valence-electron chi connectivity index (χ3n) is 2.20. The van der Waals surface area contributed by atoms with Gasteiger partial charge in [0, 0.05) is 6.42 Å². The molecule has 0 aromatic carbocycles. The van der Waals surface area contributed by atoms with Crippen LogP contribution in [-0.4, -0.2) is 16.1 Å². The minimum absolute atomic E-state index is 0.0466. The predicted molar refractivity (Wildman–Crippen MR) is 54.9 cm³/mol. The van der Waals surface area contributed by atoms with Crippen molar-refractivity contribution >= 4 is 5.97 Å². The van der Waals surface area contributed by atoms with Gasteiger partial charge in [-0.1, -0.05) is 0 Å². The van der Waals surface area contributed by atoms with Crippen LogP contribution in [0.2, 0.25) is 0 Å². The summed E-state index contributed by atoms with van der Waals surface area (Å²) in [7, 11) is 0. The average molecular weight is 221 g/mol. The Hall–Kier alpha value is -2.04. The van der Waals surface area contributed by atoms with Gasteiger partial charge in [-0.2, -0.15) is 0 Å². The molecular formula is C11H11NO4. The number of carboxylic acids is 1. The number of aliphatic carboxylic acids is 1. The van der Waals surface area contributed by atoms with Crippen LogP contribution in [0.15, 0.2) is 27.2 Å². The maximum absolute atomic E-state index is 10.4. The van der Waals surface area contributed by atoms with E-state index in [2.05, 4.69) is 4.98 Å². The maximum Gasteiger partial charge on any atom is 0.303 e. The first-order valence-electron chi connectivity index (χ1n) is 4.89. The molecule has 0 unspecified atom stereocenters. The standard InChI is InChI=1S/C11H11NO4/c1-7-8(4-5-10(13)14)12-11(16-7)9-3-2-6-15-9/h2-3,6H,4-5H2,1H3,(H,13,14). The number of hydrogen-bond acceptors (Lipinski definition) is 4. The molecule has 0 atom stereocenters. The Morgan fingerprint density at radius 1 is 1.56 bits per heavy atom. The minimum Gasteiger partial charge on any atom is -0.481 e. The van der Waals surface area contributed by atoms with Gasteiger partial charge in [-0.05, 0) is 19.1 Å². The lowest BCUT2D eigenvalue weighted by molar-refractivity contribution is -0.136. The van der Waals surface area contributed by atoms with Gasteiger partial charge in [0.05, 0.1) is 18.4 Å². The second-order valence-corrected chi connectivity index (χ2v) is 3.39. The molecule has 84 valence electrons. The lowest BCUT2D eigenvalue weighted by Crippen LogP contribution is -1.98. The number of aromatic nitrogens is 1. The SMILES string of the molecule is Cc1oc(-c2ccco2)nc1CCC(=O)O. The highest BCUT2D eigenvalue weighted by molar-refractivity contribution is 5.67. The fraction of sp³-hybridized carbons (Fsp3) is 0.273. The van der Waals surface area contributed by atoms with E-state index in [0.717, 1.165) is 0 Å². The minimum atomic E-state index is -0.845. The summed E-state index contributed by atoms with van der Waals surface area (Å²) >= 11 is 0. The molecule has 0 spiro atoms. The normalized spacial score (nSPS) is 10.6. The fourth-order valence-corrected chi connectivity index (χ4v) is 1.39. The number of furan rings is 1. The molecule has 0 saturated heterocycles. The van der Waals surface area contributed by atoms with Gasteiger partial charge in [0.25, 0.3) is 5.89 Å². The molecule has 5 nitrogen and oxygen atoms in total. The van der Waals surface area contributed by atoms with Crippen LogP contribution in [0.4, 0.5) is 0 Å². The number of rotatable bonds is 4. The summed E-state index contributed by atoms with van der Waals surface area (Å²) in [5.74, 6) is 0.724. The van der Waals surface area contributed by atoms with Gasteiger partial charge in [-0.15, -0.1) is 0 Å². The molecule has 2 heterocycles. The summed E-state index contributed by atoms with van der Waals surface area (Å²) in [6, 6.07) is 3.48. The number of aryl methyl sites for hydroxylation is 2. The zero-order valence-corrected chi connectivity index (χ0v) is 8.77. The van der Waals surface area contributed by atoms with Crippen molar-refractivity contribution in [3.05, 3.63) is 29.9 Å². The van der Waals surface area contributed by atoms with E-state index in [1.54, 1.807) is 19.1 Å². The van der Waals surface area contributed by atoms with Crippen molar-refractivity contribution in [2.45, 2.75) is 19.8 Å². The fourth-order valence-electron chi connectivity index (χ4n) is 1.39. The van der Waals surface area contributed by atoms with Crippen LogP contribution in [0.5, 0.6) is 0 Å². The molecule has 16 heavy (non-hydrogen) atoms. The van der Waals surface area contributed by atoms with E-state index in [0.29, 0.717) is 29.5 Å². The largest absolute Gasteiger partial charge is 0.481 e. The Balaban J connectivity index is 2.19. The average Bonchev–Trinajstić information content (AvgIpc) is 2.83. The highest BCUT2D eigenvalue weighted by Crippen LogP contribution is 2.22. The number of carbonyl (C=O) groups is 1. The molecule has 0 saturated carbocycles. The van der Waals surface area contributed by atoms with Gasteiger partial charge in [0.15, 0.2) is 5.76 Å². The third-order valence-corrected chi connectivity index (χ3v) is 2.20. The molecule has 0 fully saturated rings. The smallest absolute Gasteiger partial charge is 0.303 e. The summed E-state index contributed by atoms with van der Waals surface area (Å²) in [5.41, 5.74) is 0.661. The van der Waals surface area contributed by atoms with E-state index in [9.17, 15) is 4.79 Å². The summed E-state index contributed by atoms with van der Waals surface area (Å²) < 4.78 is 10.5. The zero-order valence-electron chi connectivity index (χ0n) is 8.77. The van der Waals surface area contributed by atoms with Crippen molar-refractivity contribution in [3.63, 3.8) is 0 Å². The van der Waals surface area contributed by atoms with Crippen LogP contribution in [0.1, 0.15) is 17.9 Å². The zero-order chi connectivity index (χ0) is 11.5. The monoisotopic (exact) mass is 221 g/mol. The lowest BCUT2D eigenvalue weighted by atomic mass is 10.2. The quantitative estimate of drug-likeness (QED) is 0.856. The summed E-state index contributed by atoms with van der Waals surface area (Å²) in [5, 5.41) is 8.58. The Labute approximate surface area is 91.7 Å². The van der Waals surface area contributed by atoms with Gasteiger partial charge in [0.1, 0.15) is 5.76 Å². The van der Waals surface area contributed by atoms with E-state index < -0.39 is 5.97 Å². The Bertz CT molecular complexity index is 484. The van der Waals surface area contributed by atoms with Crippen LogP contribution < -0.4 is 0 Å². The highest BCUT2D eigenvalue weighted by atomic mass is 16.4. The van der Waals surface area contributed by atoms with E-state index in [1.165, 1.54) is 6.26 Å². The van der Waals surface area contributed by atoms with Gasteiger partial charge < -0.3 is 13.9 Å². The molecule has 0 bridgehead atoms. The van der Waals surface area contributed by atoms with Gasteiger partial charge >= 0.3 is 5.97 Å². The van der Waals surface area contributed by atoms with Gasteiger partial charge in [0.2, 0.25) is 0 Å². The number of oxazole rings is 1. The molecule has 0 radical (unpaired) electrons. The van der Waals surface area contributed by atoms with Crippen molar-refractivity contribution in [3.8, 4) is 11.7 Å². The second kappa shape index (κ2) is 4.22. The molecule has 2 rings (SSSR count). The summed E-state index contributed by atoms with van der Waals surface area (Å²) in [4.78, 5) is 14.6. The predicted octanol–water partition coefficient (Wildman–Crippen LogP) is 2.26. The molecule has 0 amide bonds. The number of nitrogens with zero attached hydrogens (tertiary/aromatic N) is 1. The molecule has 0 aliphatic rings. The maximum atomic E-state index is 10.4. The topological polar surface area (TPSA) is 76.5 Å². The first-order chi connectivity index (χ1) is 7.66. The van der Waals surface area contributed by atoms with Crippen LogP contribution in [-0.2, 0) is 11.2 Å². The van der Waals surface area contributed by atoms with Crippen LogP contribution >= 0.6 is 0 Å². The van der Waals surface area contributed by atoms with Crippen molar-refractivity contribution in [2.24, 2.45) is 0 Å². The van der Waals surface area contributed by atoms with E-state index >= 15 is 0 Å². The van der Waals surface area contributed by atoms with E-state index in [4.69, 9.17) is 13.9 Å². The van der Waals surface area contributed by atoms with Crippen molar-refractivity contribution in [1.82, 2.24) is 4.98 Å². The Kier molecular flexibility index (Phi) is 2.76.